The van der Waals surface area contributed by atoms with Gasteiger partial charge in [0.15, 0.2) is 0 Å². The van der Waals surface area contributed by atoms with Crippen LogP contribution in [0.25, 0.3) is 22.4 Å². The van der Waals surface area contributed by atoms with Crippen LogP contribution in [0.15, 0.2) is 73.1 Å². The molecule has 1 amide bonds. The van der Waals surface area contributed by atoms with Gasteiger partial charge >= 0.3 is 0 Å². The van der Waals surface area contributed by atoms with Gasteiger partial charge in [-0.25, -0.2) is 0 Å². The molecule has 2 saturated carbocycles. The largest absolute Gasteiger partial charge is 0.489 e. The van der Waals surface area contributed by atoms with E-state index in [0.29, 0.717) is 18.8 Å². The van der Waals surface area contributed by atoms with E-state index in [2.05, 4.69) is 34.6 Å². The zero-order valence-electron chi connectivity index (χ0n) is 19.4. The van der Waals surface area contributed by atoms with Gasteiger partial charge in [-0.3, -0.25) is 14.5 Å². The first-order chi connectivity index (χ1) is 17.2. The van der Waals surface area contributed by atoms with Crippen molar-refractivity contribution >= 4 is 5.91 Å². The van der Waals surface area contributed by atoms with Crippen molar-refractivity contribution in [3.8, 4) is 28.1 Å². The van der Waals surface area contributed by atoms with Gasteiger partial charge < -0.3 is 10.1 Å². The monoisotopic (exact) mass is 462 g/mol. The number of benzene rings is 2. The number of hydrogen-bond donors (Lipinski definition) is 1. The molecule has 6 heteroatoms. The Hall–Kier alpha value is -3.93. The molecule has 174 valence electrons. The standard InChI is InChI=1S/C29H26N4O2/c34-28-27-25(26(23-11-15-30-16-12-23)32-33(27)18-29(31-28)13-14-29)22-7-9-24(10-8-22)35-17-19-1-3-20(4-2-19)21-5-6-21/h1-4,7-12,15-16,21H,5-6,13-14,17-18H2,(H,31,34). The van der Waals surface area contributed by atoms with Gasteiger partial charge in [0, 0.05) is 23.5 Å². The topological polar surface area (TPSA) is 69.0 Å². The summed E-state index contributed by atoms with van der Waals surface area (Å²) >= 11 is 0. The quantitative estimate of drug-likeness (QED) is 0.420. The lowest BCUT2D eigenvalue weighted by Crippen LogP contribution is -2.46. The molecular formula is C29H26N4O2. The second kappa shape index (κ2) is 7.80. The molecule has 0 unspecified atom stereocenters. The second-order valence-corrected chi connectivity index (χ2v) is 10.0. The van der Waals surface area contributed by atoms with Crippen molar-refractivity contribution in [3.63, 3.8) is 0 Å². The lowest BCUT2D eigenvalue weighted by atomic mass is 9.98. The van der Waals surface area contributed by atoms with E-state index in [4.69, 9.17) is 9.84 Å². The van der Waals surface area contributed by atoms with Crippen LogP contribution in [-0.2, 0) is 13.2 Å². The third-order valence-corrected chi connectivity index (χ3v) is 7.38. The summed E-state index contributed by atoms with van der Waals surface area (Å²) in [5.41, 5.74) is 6.66. The number of carbonyl (C=O) groups excluding carboxylic acids is 1. The molecule has 35 heavy (non-hydrogen) atoms. The Morgan fingerprint density at radius 3 is 2.37 bits per heavy atom. The number of amides is 1. The Bertz CT molecular complexity index is 1400. The predicted octanol–water partition coefficient (Wildman–Crippen LogP) is 5.34. The maximum Gasteiger partial charge on any atom is 0.270 e. The molecule has 0 radical (unpaired) electrons. The molecule has 2 aliphatic carbocycles. The second-order valence-electron chi connectivity index (χ2n) is 10.0. The fourth-order valence-corrected chi connectivity index (χ4v) is 5.04. The Kier molecular flexibility index (Phi) is 4.56. The number of carbonyl (C=O) groups is 1. The van der Waals surface area contributed by atoms with Crippen molar-refractivity contribution in [2.24, 2.45) is 0 Å². The molecule has 6 nitrogen and oxygen atoms in total. The normalized spacial score (nSPS) is 17.7. The van der Waals surface area contributed by atoms with Gasteiger partial charge in [-0.2, -0.15) is 5.10 Å². The number of pyridine rings is 1. The molecule has 0 saturated heterocycles. The minimum absolute atomic E-state index is 0.0495. The third kappa shape index (κ3) is 3.79. The van der Waals surface area contributed by atoms with Gasteiger partial charge in [0.25, 0.3) is 5.91 Å². The number of ether oxygens (including phenoxy) is 1. The van der Waals surface area contributed by atoms with Crippen LogP contribution >= 0.6 is 0 Å². The van der Waals surface area contributed by atoms with E-state index in [1.165, 1.54) is 18.4 Å². The van der Waals surface area contributed by atoms with Crippen LogP contribution in [-0.4, -0.2) is 26.2 Å². The van der Waals surface area contributed by atoms with Gasteiger partial charge in [-0.15, -0.1) is 0 Å². The molecule has 0 atom stereocenters. The summed E-state index contributed by atoms with van der Waals surface area (Å²) in [5, 5.41) is 8.13. The summed E-state index contributed by atoms with van der Waals surface area (Å²) in [5.74, 6) is 1.51. The van der Waals surface area contributed by atoms with Gasteiger partial charge in [-0.05, 0) is 72.6 Å². The highest BCUT2D eigenvalue weighted by Gasteiger charge is 2.49. The van der Waals surface area contributed by atoms with Crippen LogP contribution in [0.5, 0.6) is 5.75 Å². The van der Waals surface area contributed by atoms with E-state index in [9.17, 15) is 4.79 Å². The van der Waals surface area contributed by atoms with Crippen molar-refractivity contribution in [3.05, 3.63) is 89.9 Å². The molecule has 2 aromatic heterocycles. The Morgan fingerprint density at radius 2 is 1.69 bits per heavy atom. The summed E-state index contributed by atoms with van der Waals surface area (Å²) in [6.45, 7) is 1.24. The summed E-state index contributed by atoms with van der Waals surface area (Å²) in [6, 6.07) is 20.6. The van der Waals surface area contributed by atoms with E-state index in [-0.39, 0.29) is 11.4 Å². The molecule has 1 aliphatic heterocycles. The SMILES string of the molecule is O=C1NC2(CC2)Cn2nc(-c3ccncc3)c(-c3ccc(OCc4ccc(C5CC5)cc4)cc3)c21. The third-order valence-electron chi connectivity index (χ3n) is 7.38. The average molecular weight is 463 g/mol. The molecule has 0 bridgehead atoms. The number of nitrogens with zero attached hydrogens (tertiary/aromatic N) is 3. The first-order valence-electron chi connectivity index (χ1n) is 12.3. The van der Waals surface area contributed by atoms with E-state index in [1.54, 1.807) is 12.4 Å². The lowest BCUT2D eigenvalue weighted by Gasteiger charge is -2.24. The molecule has 4 aromatic rings. The van der Waals surface area contributed by atoms with E-state index in [0.717, 1.165) is 52.5 Å². The minimum Gasteiger partial charge on any atom is -0.489 e. The molecule has 3 aliphatic rings. The highest BCUT2D eigenvalue weighted by molar-refractivity contribution is 6.04. The maximum absolute atomic E-state index is 13.2. The van der Waals surface area contributed by atoms with Crippen LogP contribution in [0.3, 0.4) is 0 Å². The fraction of sp³-hybridized carbons (Fsp3) is 0.276. The number of fused-ring (bicyclic) bond motifs is 1. The first kappa shape index (κ1) is 20.4. The number of nitrogens with one attached hydrogen (secondary N) is 1. The Morgan fingerprint density at radius 1 is 0.943 bits per heavy atom. The summed E-state index contributed by atoms with van der Waals surface area (Å²) in [6.07, 6.45) is 8.16. The minimum atomic E-state index is -0.114. The van der Waals surface area contributed by atoms with Gasteiger partial charge in [0.1, 0.15) is 23.7 Å². The van der Waals surface area contributed by atoms with Crippen LogP contribution in [0.2, 0.25) is 0 Å². The van der Waals surface area contributed by atoms with Gasteiger partial charge in [-0.1, -0.05) is 36.4 Å². The Balaban J connectivity index is 1.18. The van der Waals surface area contributed by atoms with E-state index < -0.39 is 0 Å². The molecule has 2 fully saturated rings. The van der Waals surface area contributed by atoms with Crippen LogP contribution in [0.4, 0.5) is 0 Å². The average Bonchev–Trinajstić information content (AvgIpc) is 3.82. The van der Waals surface area contributed by atoms with Crippen LogP contribution < -0.4 is 10.1 Å². The highest BCUT2D eigenvalue weighted by atomic mass is 16.5. The summed E-state index contributed by atoms with van der Waals surface area (Å²) < 4.78 is 7.95. The maximum atomic E-state index is 13.2. The van der Waals surface area contributed by atoms with Gasteiger partial charge in [0.05, 0.1) is 12.1 Å². The summed E-state index contributed by atoms with van der Waals surface area (Å²) in [4.78, 5) is 17.3. The molecule has 2 aromatic carbocycles. The van der Waals surface area contributed by atoms with Crippen molar-refractivity contribution in [1.29, 1.82) is 0 Å². The van der Waals surface area contributed by atoms with E-state index in [1.807, 2.05) is 41.1 Å². The first-order valence-corrected chi connectivity index (χ1v) is 12.3. The molecular weight excluding hydrogens is 436 g/mol. The zero-order valence-corrected chi connectivity index (χ0v) is 19.4. The molecule has 3 heterocycles. The van der Waals surface area contributed by atoms with Gasteiger partial charge in [0.2, 0.25) is 0 Å². The van der Waals surface area contributed by atoms with Crippen molar-refractivity contribution in [2.45, 2.75) is 50.3 Å². The number of rotatable bonds is 6. The predicted molar refractivity (Wildman–Crippen MR) is 133 cm³/mol. The van der Waals surface area contributed by atoms with Crippen LogP contribution in [0.1, 0.15) is 53.2 Å². The van der Waals surface area contributed by atoms with Crippen molar-refractivity contribution < 1.29 is 9.53 Å². The highest BCUT2D eigenvalue weighted by Crippen LogP contribution is 2.43. The number of hydrogen-bond acceptors (Lipinski definition) is 4. The van der Waals surface area contributed by atoms with Crippen LogP contribution in [0, 0.1) is 0 Å². The smallest absolute Gasteiger partial charge is 0.270 e. The fourth-order valence-electron chi connectivity index (χ4n) is 5.04. The molecule has 7 rings (SSSR count). The molecule has 1 spiro atoms. The van der Waals surface area contributed by atoms with E-state index >= 15 is 0 Å². The van der Waals surface area contributed by atoms with Crippen molar-refractivity contribution in [1.82, 2.24) is 20.1 Å². The summed E-state index contributed by atoms with van der Waals surface area (Å²) in [7, 11) is 0. The Labute approximate surface area is 204 Å². The van der Waals surface area contributed by atoms with Crippen molar-refractivity contribution in [2.75, 3.05) is 0 Å². The lowest BCUT2D eigenvalue weighted by molar-refractivity contribution is 0.0887. The molecule has 1 N–H and O–H groups in total. The zero-order chi connectivity index (χ0) is 23.4. The number of aromatic nitrogens is 3.